The van der Waals surface area contributed by atoms with Crippen LogP contribution in [0.2, 0.25) is 0 Å². The molecule has 32 heavy (non-hydrogen) atoms. The van der Waals surface area contributed by atoms with Crippen LogP contribution in [0.15, 0.2) is 87.7 Å². The van der Waals surface area contributed by atoms with Crippen LogP contribution in [0.25, 0.3) is 33.4 Å². The Kier molecular flexibility index (Phi) is 5.44. The van der Waals surface area contributed by atoms with E-state index in [-0.39, 0.29) is 0 Å². The average Bonchev–Trinajstić information content (AvgIpc) is 3.43. The molecule has 0 amide bonds. The van der Waals surface area contributed by atoms with E-state index in [1.54, 1.807) is 13.3 Å². The Morgan fingerprint density at radius 1 is 1.00 bits per heavy atom. The zero-order valence-electron chi connectivity index (χ0n) is 17.7. The number of hydrogen-bond acceptors (Lipinski definition) is 6. The molecule has 0 aliphatic heterocycles. The van der Waals surface area contributed by atoms with Gasteiger partial charge in [0, 0.05) is 27.5 Å². The van der Waals surface area contributed by atoms with Crippen LogP contribution in [0.3, 0.4) is 0 Å². The molecule has 0 aliphatic rings. The first kappa shape index (κ1) is 20.0. The van der Waals surface area contributed by atoms with Crippen LogP contribution in [0, 0.1) is 6.92 Å². The second-order valence-electron chi connectivity index (χ2n) is 7.26. The van der Waals surface area contributed by atoms with E-state index in [1.807, 2.05) is 73.0 Å². The first-order chi connectivity index (χ1) is 15.7. The second kappa shape index (κ2) is 8.69. The molecule has 0 saturated carbocycles. The quantitative estimate of drug-likeness (QED) is 0.229. The molecule has 0 saturated heterocycles. The van der Waals surface area contributed by atoms with Crippen molar-refractivity contribution in [3.63, 3.8) is 0 Å². The van der Waals surface area contributed by atoms with Gasteiger partial charge in [0.15, 0.2) is 0 Å². The molecule has 0 fully saturated rings. The number of aromatic nitrogens is 1. The van der Waals surface area contributed by atoms with Crippen LogP contribution in [0.4, 0.5) is 5.13 Å². The Balaban J connectivity index is 1.42. The normalized spacial score (nSPS) is 11.3. The van der Waals surface area contributed by atoms with Crippen LogP contribution >= 0.6 is 11.3 Å². The molecule has 0 atom stereocenters. The Morgan fingerprint density at radius 2 is 1.72 bits per heavy atom. The van der Waals surface area contributed by atoms with Crippen molar-refractivity contribution >= 4 is 33.7 Å². The zero-order valence-corrected chi connectivity index (χ0v) is 18.5. The fourth-order valence-electron chi connectivity index (χ4n) is 3.73. The molecule has 0 spiro atoms. The first-order valence-electron chi connectivity index (χ1n) is 10.2. The third-order valence-electron chi connectivity index (χ3n) is 5.22. The van der Waals surface area contributed by atoms with Gasteiger partial charge in [0.1, 0.15) is 17.1 Å². The second-order valence-corrected chi connectivity index (χ2v) is 8.12. The van der Waals surface area contributed by atoms with Crippen molar-refractivity contribution in [2.45, 2.75) is 6.92 Å². The van der Waals surface area contributed by atoms with Crippen LogP contribution in [0.5, 0.6) is 5.75 Å². The van der Waals surface area contributed by atoms with Gasteiger partial charge in [-0.25, -0.2) is 4.98 Å². The number of nitrogens with zero attached hydrogens (tertiary/aromatic N) is 2. The van der Waals surface area contributed by atoms with Gasteiger partial charge in [0.05, 0.1) is 19.0 Å². The standard InChI is InChI=1S/C26H21N3O2S/c1-17-25(19-11-7-4-8-12-19)21-14-23(30-2)20(13-24(21)31-17)15-27-29-26-28-22(16-32-26)18-9-5-3-6-10-18/h3-16H,1-2H3,(H,28,29). The van der Waals surface area contributed by atoms with Gasteiger partial charge in [0.2, 0.25) is 5.13 Å². The summed E-state index contributed by atoms with van der Waals surface area (Å²) in [6.45, 7) is 1.98. The number of methoxy groups -OCH3 is 1. The number of fused-ring (bicyclic) bond motifs is 1. The molecule has 158 valence electrons. The van der Waals surface area contributed by atoms with E-state index in [2.05, 4.69) is 27.6 Å². The van der Waals surface area contributed by atoms with Crippen LogP contribution < -0.4 is 10.2 Å². The molecular weight excluding hydrogens is 418 g/mol. The van der Waals surface area contributed by atoms with Gasteiger partial charge in [-0.15, -0.1) is 11.3 Å². The molecule has 1 N–H and O–H groups in total. The Labute approximate surface area is 190 Å². The lowest BCUT2D eigenvalue weighted by Gasteiger charge is -2.06. The van der Waals surface area contributed by atoms with E-state index in [0.717, 1.165) is 55.6 Å². The maximum Gasteiger partial charge on any atom is 0.203 e. The predicted octanol–water partition coefficient (Wildman–Crippen LogP) is 6.99. The molecular formula is C26H21N3O2S. The molecule has 0 unspecified atom stereocenters. The summed E-state index contributed by atoms with van der Waals surface area (Å²) in [6, 6.07) is 24.3. The molecule has 3 aromatic carbocycles. The number of furan rings is 1. The highest BCUT2D eigenvalue weighted by Crippen LogP contribution is 2.37. The number of benzene rings is 3. The Bertz CT molecular complexity index is 1390. The summed E-state index contributed by atoms with van der Waals surface area (Å²) in [5.74, 6) is 1.60. The van der Waals surface area contributed by atoms with Crippen molar-refractivity contribution in [2.75, 3.05) is 12.5 Å². The first-order valence-corrected chi connectivity index (χ1v) is 11.1. The van der Waals surface area contributed by atoms with E-state index < -0.39 is 0 Å². The summed E-state index contributed by atoms with van der Waals surface area (Å²) in [5, 5.41) is 8.12. The Morgan fingerprint density at radius 3 is 2.44 bits per heavy atom. The summed E-state index contributed by atoms with van der Waals surface area (Å²) in [7, 11) is 1.66. The van der Waals surface area contributed by atoms with Gasteiger partial charge in [-0.3, -0.25) is 5.43 Å². The van der Waals surface area contributed by atoms with Crippen molar-refractivity contribution in [2.24, 2.45) is 5.10 Å². The summed E-state index contributed by atoms with van der Waals surface area (Å²) in [5.41, 5.74) is 8.83. The van der Waals surface area contributed by atoms with E-state index >= 15 is 0 Å². The lowest BCUT2D eigenvalue weighted by atomic mass is 10.0. The molecule has 5 nitrogen and oxygen atoms in total. The molecule has 2 heterocycles. The minimum atomic E-state index is 0.723. The summed E-state index contributed by atoms with van der Waals surface area (Å²) in [6.07, 6.45) is 1.72. The van der Waals surface area contributed by atoms with Gasteiger partial charge in [-0.05, 0) is 24.6 Å². The highest BCUT2D eigenvalue weighted by Gasteiger charge is 2.16. The highest BCUT2D eigenvalue weighted by atomic mass is 32.1. The molecule has 5 aromatic rings. The van der Waals surface area contributed by atoms with Gasteiger partial charge < -0.3 is 9.15 Å². The van der Waals surface area contributed by atoms with Crippen molar-refractivity contribution < 1.29 is 9.15 Å². The third-order valence-corrected chi connectivity index (χ3v) is 5.96. The van der Waals surface area contributed by atoms with E-state index in [4.69, 9.17) is 9.15 Å². The van der Waals surface area contributed by atoms with Gasteiger partial charge >= 0.3 is 0 Å². The maximum atomic E-state index is 6.06. The zero-order chi connectivity index (χ0) is 21.9. The summed E-state index contributed by atoms with van der Waals surface area (Å²) >= 11 is 1.51. The highest BCUT2D eigenvalue weighted by molar-refractivity contribution is 7.14. The van der Waals surface area contributed by atoms with Gasteiger partial charge in [0.25, 0.3) is 0 Å². The van der Waals surface area contributed by atoms with Crippen molar-refractivity contribution in [1.29, 1.82) is 0 Å². The summed E-state index contributed by atoms with van der Waals surface area (Å²) in [4.78, 5) is 4.60. The fourth-order valence-corrected chi connectivity index (χ4v) is 4.39. The van der Waals surface area contributed by atoms with E-state index in [0.29, 0.717) is 0 Å². The molecule has 0 bridgehead atoms. The topological polar surface area (TPSA) is 59.7 Å². The van der Waals surface area contributed by atoms with Crippen molar-refractivity contribution in [1.82, 2.24) is 4.98 Å². The average molecular weight is 440 g/mol. The molecule has 0 radical (unpaired) electrons. The van der Waals surface area contributed by atoms with Crippen LogP contribution in [0.1, 0.15) is 11.3 Å². The largest absolute Gasteiger partial charge is 0.496 e. The molecule has 0 aliphatic carbocycles. The number of aryl methyl sites for hydroxylation is 1. The lowest BCUT2D eigenvalue weighted by molar-refractivity contribution is 0.414. The molecule has 5 rings (SSSR count). The number of rotatable bonds is 6. The molecule has 6 heteroatoms. The number of hydrogen-bond donors (Lipinski definition) is 1. The lowest BCUT2D eigenvalue weighted by Crippen LogP contribution is -1.94. The number of ether oxygens (including phenoxy) is 1. The number of nitrogens with one attached hydrogen (secondary N) is 1. The van der Waals surface area contributed by atoms with E-state index in [9.17, 15) is 0 Å². The minimum Gasteiger partial charge on any atom is -0.496 e. The minimum absolute atomic E-state index is 0.723. The van der Waals surface area contributed by atoms with Crippen LogP contribution in [-0.2, 0) is 0 Å². The van der Waals surface area contributed by atoms with Gasteiger partial charge in [-0.1, -0.05) is 60.7 Å². The van der Waals surface area contributed by atoms with E-state index in [1.165, 1.54) is 11.3 Å². The monoisotopic (exact) mass is 439 g/mol. The van der Waals surface area contributed by atoms with Gasteiger partial charge in [-0.2, -0.15) is 5.10 Å². The smallest absolute Gasteiger partial charge is 0.203 e. The summed E-state index contributed by atoms with van der Waals surface area (Å²) < 4.78 is 11.7. The Hall–Kier alpha value is -3.90. The SMILES string of the molecule is COc1cc2c(-c3ccccc3)c(C)oc2cc1C=NNc1nc(-c2ccccc2)cs1. The number of thiazole rings is 1. The van der Waals surface area contributed by atoms with Crippen LogP contribution in [-0.4, -0.2) is 18.3 Å². The number of hydrazone groups is 1. The number of anilines is 1. The fraction of sp³-hybridized carbons (Fsp3) is 0.0769. The van der Waals surface area contributed by atoms with Crippen molar-refractivity contribution in [3.05, 3.63) is 89.5 Å². The predicted molar refractivity (Wildman–Crippen MR) is 132 cm³/mol. The maximum absolute atomic E-state index is 6.06. The van der Waals surface area contributed by atoms with Crippen molar-refractivity contribution in [3.8, 4) is 28.1 Å². The molecule has 2 aromatic heterocycles. The third kappa shape index (κ3) is 3.88.